The summed E-state index contributed by atoms with van der Waals surface area (Å²) in [6.07, 6.45) is -0.442. The molecule has 12 heteroatoms. The first kappa shape index (κ1) is 32.2. The molecule has 0 unspecified atom stereocenters. The van der Waals surface area contributed by atoms with Crippen molar-refractivity contribution >= 4 is 22.8 Å². The second-order valence-electron chi connectivity index (χ2n) is 13.0. The Bertz CT molecular complexity index is 1900. The number of hydrogen-bond donors (Lipinski definition) is 0. The molecule has 0 saturated carbocycles. The number of piperazine rings is 1. The molecule has 0 N–H and O–H groups in total. The minimum absolute atomic E-state index is 0.0240. The number of rotatable bonds is 6. The number of carbonyl (C=O) groups excluding carboxylic acids is 1. The van der Waals surface area contributed by atoms with Crippen LogP contribution in [0.3, 0.4) is 0 Å². The lowest BCUT2D eigenvalue weighted by Crippen LogP contribution is -2.59. The summed E-state index contributed by atoms with van der Waals surface area (Å²) in [5.41, 5.74) is 0.253. The number of halogens is 2. The molecule has 6 rings (SSSR count). The first-order chi connectivity index (χ1) is 22.4. The van der Waals surface area contributed by atoms with Crippen molar-refractivity contribution in [2.75, 3.05) is 45.0 Å². The van der Waals surface area contributed by atoms with E-state index in [1.54, 1.807) is 31.7 Å². The van der Waals surface area contributed by atoms with Crippen LogP contribution in [0.5, 0.6) is 11.5 Å². The second kappa shape index (κ2) is 12.5. The Hall–Kier alpha value is -4.71. The third-order valence-corrected chi connectivity index (χ3v) is 8.22. The minimum Gasteiger partial charge on any atom is -0.484 e. The Labute approximate surface area is 271 Å². The molecule has 1 atom stereocenters. The average molecular weight is 649 g/mol. The van der Waals surface area contributed by atoms with Gasteiger partial charge in [0.1, 0.15) is 29.5 Å². The number of anilines is 1. The normalized spacial score (nSPS) is 16.1. The van der Waals surface area contributed by atoms with Gasteiger partial charge < -0.3 is 28.7 Å². The fourth-order valence-electron chi connectivity index (χ4n) is 6.18. The van der Waals surface area contributed by atoms with Gasteiger partial charge >= 0.3 is 11.7 Å². The molecular weight excluding hydrogens is 610 g/mol. The quantitative estimate of drug-likeness (QED) is 0.227. The Morgan fingerprint density at radius 2 is 1.85 bits per heavy atom. The number of fused-ring (bicyclic) bond motifs is 5. The summed E-state index contributed by atoms with van der Waals surface area (Å²) in [7, 11) is 1.42. The maximum atomic E-state index is 16.3. The van der Waals surface area contributed by atoms with Crippen LogP contribution in [0, 0.1) is 11.6 Å². The van der Waals surface area contributed by atoms with E-state index in [4.69, 9.17) is 23.9 Å². The van der Waals surface area contributed by atoms with Gasteiger partial charge in [0.15, 0.2) is 18.3 Å². The highest BCUT2D eigenvalue weighted by molar-refractivity contribution is 5.96. The highest BCUT2D eigenvalue weighted by Crippen LogP contribution is 2.42. The van der Waals surface area contributed by atoms with Crippen LogP contribution in [0.25, 0.3) is 28.0 Å². The number of benzene rings is 2. The first-order valence-corrected chi connectivity index (χ1v) is 15.6. The molecule has 0 bridgehead atoms. The van der Waals surface area contributed by atoms with Crippen molar-refractivity contribution < 1.29 is 32.5 Å². The van der Waals surface area contributed by atoms with Gasteiger partial charge in [-0.2, -0.15) is 0 Å². The van der Waals surface area contributed by atoms with E-state index < -0.39 is 28.9 Å². The average Bonchev–Trinajstić information content (AvgIpc) is 3.03. The zero-order valence-corrected chi connectivity index (χ0v) is 27.3. The Kier molecular flexibility index (Phi) is 8.56. The van der Waals surface area contributed by atoms with E-state index in [-0.39, 0.29) is 60.3 Å². The van der Waals surface area contributed by atoms with Gasteiger partial charge in [-0.3, -0.25) is 9.36 Å². The minimum atomic E-state index is -0.816. The summed E-state index contributed by atoms with van der Waals surface area (Å²) in [5, 5.41) is 0.311. The van der Waals surface area contributed by atoms with Crippen molar-refractivity contribution in [2.24, 2.45) is 0 Å². The molecule has 2 aromatic carbocycles. The lowest BCUT2D eigenvalue weighted by molar-refractivity contribution is 0.0194. The Morgan fingerprint density at radius 3 is 2.57 bits per heavy atom. The predicted molar refractivity (Wildman–Crippen MR) is 174 cm³/mol. The highest BCUT2D eigenvalue weighted by atomic mass is 19.1. The number of hydrogen-bond acceptors (Lipinski definition) is 8. The number of ether oxygens (including phenoxy) is 4. The number of nitrogens with zero attached hydrogens (tertiary/aromatic N) is 4. The fraction of sp³-hybridized carbons (Fsp3) is 0.400. The number of pyridine rings is 2. The fourth-order valence-corrected chi connectivity index (χ4v) is 6.18. The van der Waals surface area contributed by atoms with Crippen LogP contribution in [0.15, 0.2) is 53.3 Å². The van der Waals surface area contributed by atoms with Gasteiger partial charge in [-0.25, -0.2) is 18.6 Å². The van der Waals surface area contributed by atoms with Crippen molar-refractivity contribution in [1.82, 2.24) is 14.5 Å². The van der Waals surface area contributed by atoms with Crippen LogP contribution in [0.2, 0.25) is 0 Å². The summed E-state index contributed by atoms with van der Waals surface area (Å²) in [5.74, 6) is -1.45. The maximum absolute atomic E-state index is 16.3. The number of amides is 1. The molecule has 2 aliphatic heterocycles. The topological polar surface area (TPSA) is 95.4 Å². The zero-order valence-electron chi connectivity index (χ0n) is 27.3. The van der Waals surface area contributed by atoms with Crippen molar-refractivity contribution in [3.63, 3.8) is 0 Å². The number of carbonyl (C=O) groups is 1. The number of para-hydroxylation sites is 1. The van der Waals surface area contributed by atoms with E-state index in [1.165, 1.54) is 35.9 Å². The third-order valence-electron chi connectivity index (χ3n) is 8.22. The SMILES string of the molecule is COCOc1cccc(F)c1-c1nc2c(cc1F)c1c(c(=O)n2-c2ccccc2C(C)C)OC[C@H]2CN(C(=O)OC(C)(C)C)CCN12. The molecular formula is C35H38F2N4O6. The molecule has 4 aromatic rings. The van der Waals surface area contributed by atoms with Crippen molar-refractivity contribution in [3.8, 4) is 28.4 Å². The van der Waals surface area contributed by atoms with E-state index in [2.05, 4.69) is 0 Å². The molecule has 1 amide bonds. The van der Waals surface area contributed by atoms with Crippen LogP contribution in [0.1, 0.15) is 46.1 Å². The Balaban J connectivity index is 1.58. The molecule has 0 spiro atoms. The lowest BCUT2D eigenvalue weighted by Gasteiger charge is -2.45. The van der Waals surface area contributed by atoms with Crippen LogP contribution in [-0.4, -0.2) is 72.3 Å². The molecule has 2 aromatic heterocycles. The zero-order chi connectivity index (χ0) is 33.6. The van der Waals surface area contributed by atoms with E-state index in [0.29, 0.717) is 29.9 Å². The largest absolute Gasteiger partial charge is 0.484 e. The maximum Gasteiger partial charge on any atom is 0.410 e. The van der Waals surface area contributed by atoms with E-state index in [0.717, 1.165) is 5.56 Å². The van der Waals surface area contributed by atoms with Crippen LogP contribution in [0.4, 0.5) is 19.3 Å². The number of methoxy groups -OCH3 is 1. The summed E-state index contributed by atoms with van der Waals surface area (Å²) >= 11 is 0. The van der Waals surface area contributed by atoms with Gasteiger partial charge in [0.25, 0.3) is 0 Å². The lowest BCUT2D eigenvalue weighted by atomic mass is 10.00. The summed E-state index contributed by atoms with van der Waals surface area (Å²) in [6, 6.07) is 12.5. The van der Waals surface area contributed by atoms with Crippen LogP contribution >= 0.6 is 0 Å². The molecule has 2 aliphatic rings. The van der Waals surface area contributed by atoms with Gasteiger partial charge in [0.05, 0.1) is 23.0 Å². The van der Waals surface area contributed by atoms with Gasteiger partial charge in [-0.1, -0.05) is 38.1 Å². The molecule has 0 aliphatic carbocycles. The predicted octanol–water partition coefficient (Wildman–Crippen LogP) is 6.26. The monoisotopic (exact) mass is 648 g/mol. The molecule has 4 heterocycles. The van der Waals surface area contributed by atoms with Crippen molar-refractivity contribution in [1.29, 1.82) is 0 Å². The number of aromatic nitrogens is 2. The molecule has 0 radical (unpaired) electrons. The van der Waals surface area contributed by atoms with Crippen LogP contribution in [-0.2, 0) is 9.47 Å². The van der Waals surface area contributed by atoms with E-state index in [9.17, 15) is 9.59 Å². The van der Waals surface area contributed by atoms with Crippen LogP contribution < -0.4 is 19.9 Å². The van der Waals surface area contributed by atoms with E-state index in [1.807, 2.05) is 36.9 Å². The summed E-state index contributed by atoms with van der Waals surface area (Å²) < 4.78 is 55.5. The van der Waals surface area contributed by atoms with E-state index >= 15 is 8.78 Å². The Morgan fingerprint density at radius 1 is 1.09 bits per heavy atom. The molecule has 47 heavy (non-hydrogen) atoms. The molecule has 1 saturated heterocycles. The van der Waals surface area contributed by atoms with Gasteiger partial charge in [-0.15, -0.1) is 0 Å². The highest BCUT2D eigenvalue weighted by Gasteiger charge is 2.39. The van der Waals surface area contributed by atoms with Crippen molar-refractivity contribution in [2.45, 2.75) is 52.2 Å². The van der Waals surface area contributed by atoms with Gasteiger partial charge in [0, 0.05) is 32.1 Å². The van der Waals surface area contributed by atoms with Gasteiger partial charge in [0.2, 0.25) is 5.75 Å². The molecule has 10 nitrogen and oxygen atoms in total. The van der Waals surface area contributed by atoms with Crippen molar-refractivity contribution in [3.05, 3.63) is 76.1 Å². The van der Waals surface area contributed by atoms with Gasteiger partial charge in [-0.05, 0) is 56.5 Å². The molecule has 248 valence electrons. The smallest absolute Gasteiger partial charge is 0.410 e. The summed E-state index contributed by atoms with van der Waals surface area (Å²) in [6.45, 7) is 10.3. The second-order valence-corrected chi connectivity index (χ2v) is 13.0. The summed E-state index contributed by atoms with van der Waals surface area (Å²) in [4.78, 5) is 35.7. The molecule has 1 fully saturated rings. The third kappa shape index (κ3) is 5.97. The standard InChI is InChI=1S/C35H38F2N4O6/c1-20(2)22-10-7-8-12-26(22)41-32-23(16-25(37)29(38-32)28-24(36)11-9-13-27(28)46-19-44-6)30-31(33(41)42)45-18-21-17-39(14-15-40(21)30)34(43)47-35(3,4)5/h7-13,16,20-21H,14-15,17-19H2,1-6H3/t21-/m1/s1. The first-order valence-electron chi connectivity index (χ1n) is 15.6.